The standard InChI is InChI=1S/C21H20N6O2/c1-12-3-2-4-14-9-16(25-27(12)14)19-18-15(22-10-23-18)7-8-26(19)21(28)20-17(13-5-6-13)24-11-29-20/h2-4,9-11,13,19H,5-8H2,1H3,(H,22,23)/t19-/m1/s1. The number of aryl methyl sites for hydroxylation is 1. The Labute approximate surface area is 166 Å². The quantitative estimate of drug-likeness (QED) is 0.582. The molecule has 1 fully saturated rings. The molecule has 1 amide bonds. The van der Waals surface area contributed by atoms with Gasteiger partial charge in [-0.2, -0.15) is 5.10 Å². The number of nitrogens with zero attached hydrogens (tertiary/aromatic N) is 5. The molecule has 1 aliphatic heterocycles. The number of hydrogen-bond acceptors (Lipinski definition) is 5. The molecule has 29 heavy (non-hydrogen) atoms. The molecule has 1 atom stereocenters. The summed E-state index contributed by atoms with van der Waals surface area (Å²) < 4.78 is 7.46. The lowest BCUT2D eigenvalue weighted by Gasteiger charge is -2.33. The Morgan fingerprint density at radius 3 is 2.97 bits per heavy atom. The monoisotopic (exact) mass is 388 g/mol. The van der Waals surface area contributed by atoms with Crippen LogP contribution in [0.2, 0.25) is 0 Å². The SMILES string of the molecule is Cc1cccc2cc([C@@H]3c4nc[nH]c4CCN3C(=O)c3ocnc3C3CC3)nn12. The lowest BCUT2D eigenvalue weighted by molar-refractivity contribution is 0.0652. The first-order valence-corrected chi connectivity index (χ1v) is 9.92. The van der Waals surface area contributed by atoms with Gasteiger partial charge in [0, 0.05) is 30.3 Å². The van der Waals surface area contributed by atoms with E-state index in [1.807, 2.05) is 40.6 Å². The van der Waals surface area contributed by atoms with Crippen molar-refractivity contribution >= 4 is 11.4 Å². The van der Waals surface area contributed by atoms with Gasteiger partial charge in [-0.3, -0.25) is 4.79 Å². The van der Waals surface area contributed by atoms with E-state index in [0.717, 1.165) is 53.2 Å². The number of carbonyl (C=O) groups is 1. The van der Waals surface area contributed by atoms with Crippen LogP contribution in [0.3, 0.4) is 0 Å². The zero-order valence-corrected chi connectivity index (χ0v) is 16.0. The maximum absolute atomic E-state index is 13.5. The maximum atomic E-state index is 13.5. The Morgan fingerprint density at radius 2 is 2.14 bits per heavy atom. The minimum absolute atomic E-state index is 0.142. The van der Waals surface area contributed by atoms with Gasteiger partial charge in [0.05, 0.1) is 28.9 Å². The van der Waals surface area contributed by atoms with Crippen molar-refractivity contribution in [1.29, 1.82) is 0 Å². The zero-order valence-electron chi connectivity index (χ0n) is 16.0. The molecule has 8 heteroatoms. The predicted octanol–water partition coefficient (Wildman–Crippen LogP) is 3.02. The van der Waals surface area contributed by atoms with Crippen molar-refractivity contribution in [3.63, 3.8) is 0 Å². The molecule has 2 aliphatic rings. The predicted molar refractivity (Wildman–Crippen MR) is 104 cm³/mol. The van der Waals surface area contributed by atoms with Crippen molar-refractivity contribution in [2.75, 3.05) is 6.54 Å². The van der Waals surface area contributed by atoms with E-state index in [0.29, 0.717) is 18.2 Å². The van der Waals surface area contributed by atoms with E-state index in [1.54, 1.807) is 6.33 Å². The third-order valence-electron chi connectivity index (χ3n) is 5.91. The number of imidazole rings is 1. The molecule has 8 nitrogen and oxygen atoms in total. The first-order chi connectivity index (χ1) is 14.2. The fourth-order valence-corrected chi connectivity index (χ4v) is 4.29. The molecular formula is C21H20N6O2. The van der Waals surface area contributed by atoms with Crippen LogP contribution in [0.1, 0.15) is 63.8 Å². The Kier molecular flexibility index (Phi) is 3.44. The first-order valence-electron chi connectivity index (χ1n) is 9.92. The van der Waals surface area contributed by atoms with E-state index < -0.39 is 0 Å². The molecule has 1 saturated carbocycles. The van der Waals surface area contributed by atoms with Crippen molar-refractivity contribution in [3.05, 3.63) is 71.2 Å². The maximum Gasteiger partial charge on any atom is 0.292 e. The lowest BCUT2D eigenvalue weighted by atomic mass is 9.99. The summed E-state index contributed by atoms with van der Waals surface area (Å²) in [6.45, 7) is 2.58. The number of aromatic nitrogens is 5. The topological polar surface area (TPSA) is 92.3 Å². The molecule has 1 aliphatic carbocycles. The Bertz CT molecular complexity index is 1230. The molecule has 4 aromatic rings. The van der Waals surface area contributed by atoms with Crippen molar-refractivity contribution in [2.24, 2.45) is 0 Å². The highest BCUT2D eigenvalue weighted by atomic mass is 16.3. The molecule has 0 bridgehead atoms. The van der Waals surface area contributed by atoms with Gasteiger partial charge in [-0.05, 0) is 38.0 Å². The number of rotatable bonds is 3. The van der Waals surface area contributed by atoms with Crippen LogP contribution in [-0.2, 0) is 6.42 Å². The fraction of sp³-hybridized carbons (Fsp3) is 0.333. The fourth-order valence-electron chi connectivity index (χ4n) is 4.29. The molecule has 1 N–H and O–H groups in total. The highest BCUT2D eigenvalue weighted by Gasteiger charge is 2.40. The second kappa shape index (κ2) is 6.04. The minimum Gasteiger partial charge on any atom is -0.438 e. The number of oxazole rings is 1. The summed E-state index contributed by atoms with van der Waals surface area (Å²) >= 11 is 0. The summed E-state index contributed by atoms with van der Waals surface area (Å²) in [4.78, 5) is 27.4. The Hall–Kier alpha value is -3.42. The summed E-state index contributed by atoms with van der Waals surface area (Å²) in [5.41, 5.74) is 5.51. The van der Waals surface area contributed by atoms with Crippen LogP contribution in [0, 0.1) is 6.92 Å². The van der Waals surface area contributed by atoms with E-state index in [-0.39, 0.29) is 11.9 Å². The van der Waals surface area contributed by atoms with E-state index in [4.69, 9.17) is 9.52 Å². The average Bonchev–Trinajstić information content (AvgIpc) is 3.13. The minimum atomic E-state index is -0.367. The van der Waals surface area contributed by atoms with Crippen LogP contribution >= 0.6 is 0 Å². The number of aromatic amines is 1. The highest BCUT2D eigenvalue weighted by molar-refractivity contribution is 5.93. The third-order valence-corrected chi connectivity index (χ3v) is 5.91. The molecule has 0 radical (unpaired) electrons. The van der Waals surface area contributed by atoms with E-state index in [2.05, 4.69) is 15.0 Å². The Balaban J connectivity index is 1.47. The van der Waals surface area contributed by atoms with Crippen molar-refractivity contribution in [2.45, 2.75) is 38.1 Å². The first kappa shape index (κ1) is 16.5. The van der Waals surface area contributed by atoms with Crippen LogP contribution in [0.4, 0.5) is 0 Å². The smallest absolute Gasteiger partial charge is 0.292 e. The molecule has 6 rings (SSSR count). The Morgan fingerprint density at radius 1 is 1.24 bits per heavy atom. The van der Waals surface area contributed by atoms with Crippen LogP contribution < -0.4 is 0 Å². The molecule has 0 unspecified atom stereocenters. The number of pyridine rings is 1. The van der Waals surface area contributed by atoms with Gasteiger partial charge < -0.3 is 14.3 Å². The number of hydrogen-bond donors (Lipinski definition) is 1. The molecule has 4 aromatic heterocycles. The second-order valence-corrected chi connectivity index (χ2v) is 7.83. The summed E-state index contributed by atoms with van der Waals surface area (Å²) in [6.07, 6.45) is 5.92. The number of H-pyrrole nitrogens is 1. The molecule has 0 aromatic carbocycles. The van der Waals surface area contributed by atoms with Gasteiger partial charge in [-0.15, -0.1) is 0 Å². The summed E-state index contributed by atoms with van der Waals surface area (Å²) in [5.74, 6) is 0.558. The van der Waals surface area contributed by atoms with Crippen LogP contribution in [0.15, 0.2) is 41.4 Å². The van der Waals surface area contributed by atoms with Gasteiger partial charge in [-0.1, -0.05) is 6.07 Å². The summed E-state index contributed by atoms with van der Waals surface area (Å²) in [6, 6.07) is 7.71. The third kappa shape index (κ3) is 2.52. The van der Waals surface area contributed by atoms with Crippen molar-refractivity contribution in [3.8, 4) is 0 Å². The van der Waals surface area contributed by atoms with E-state index in [9.17, 15) is 4.79 Å². The average molecular weight is 388 g/mol. The van der Waals surface area contributed by atoms with Gasteiger partial charge in [0.2, 0.25) is 5.76 Å². The number of carbonyl (C=O) groups excluding carboxylic acids is 1. The van der Waals surface area contributed by atoms with Crippen molar-refractivity contribution < 1.29 is 9.21 Å². The highest BCUT2D eigenvalue weighted by Crippen LogP contribution is 2.42. The molecular weight excluding hydrogens is 368 g/mol. The number of fused-ring (bicyclic) bond motifs is 2. The second-order valence-electron chi connectivity index (χ2n) is 7.83. The zero-order chi connectivity index (χ0) is 19.5. The lowest BCUT2D eigenvalue weighted by Crippen LogP contribution is -2.41. The largest absolute Gasteiger partial charge is 0.438 e. The van der Waals surface area contributed by atoms with Crippen LogP contribution in [0.5, 0.6) is 0 Å². The summed E-state index contributed by atoms with van der Waals surface area (Å²) in [5, 5.41) is 4.82. The molecule has 5 heterocycles. The number of amides is 1. The van der Waals surface area contributed by atoms with Crippen molar-refractivity contribution in [1.82, 2.24) is 29.5 Å². The summed E-state index contributed by atoms with van der Waals surface area (Å²) in [7, 11) is 0. The van der Waals surface area contributed by atoms with Gasteiger partial charge in [-0.25, -0.2) is 14.5 Å². The van der Waals surface area contributed by atoms with Gasteiger partial charge in [0.15, 0.2) is 6.39 Å². The molecule has 146 valence electrons. The van der Waals surface area contributed by atoms with E-state index in [1.165, 1.54) is 6.39 Å². The van der Waals surface area contributed by atoms with Gasteiger partial charge >= 0.3 is 0 Å². The van der Waals surface area contributed by atoms with E-state index >= 15 is 0 Å². The molecule has 0 spiro atoms. The molecule has 0 saturated heterocycles. The van der Waals surface area contributed by atoms with Crippen LogP contribution in [-0.4, -0.2) is 41.9 Å². The normalized spacial score (nSPS) is 18.9. The van der Waals surface area contributed by atoms with Gasteiger partial charge in [0.25, 0.3) is 5.91 Å². The van der Waals surface area contributed by atoms with Crippen LogP contribution in [0.25, 0.3) is 5.52 Å². The van der Waals surface area contributed by atoms with Gasteiger partial charge in [0.1, 0.15) is 6.04 Å². The number of nitrogens with one attached hydrogen (secondary N) is 1.